The van der Waals surface area contributed by atoms with Gasteiger partial charge in [0.1, 0.15) is 0 Å². The Hall–Kier alpha value is -2.24. The molecule has 1 rings (SSSR count). The van der Waals surface area contributed by atoms with E-state index >= 15 is 0 Å². The molecule has 0 aromatic heterocycles. The molecule has 0 atom stereocenters. The fraction of sp³-hybridized carbons (Fsp3) is 0.333. The predicted octanol–water partition coefficient (Wildman–Crippen LogP) is 0.491. The molecule has 18 heavy (non-hydrogen) atoms. The van der Waals surface area contributed by atoms with Crippen LogP contribution in [0.5, 0.6) is 0 Å². The number of hydrogen-bond donors (Lipinski definition) is 2. The first-order valence-electron chi connectivity index (χ1n) is 5.37. The molecule has 0 saturated carbocycles. The highest BCUT2D eigenvalue weighted by Gasteiger charge is 2.16. The van der Waals surface area contributed by atoms with Gasteiger partial charge in [-0.2, -0.15) is 0 Å². The number of nitrogens with zero attached hydrogens (tertiary/aromatic N) is 2. The van der Waals surface area contributed by atoms with Crippen molar-refractivity contribution in [3.05, 3.63) is 23.8 Å². The molecule has 1 aromatic rings. The van der Waals surface area contributed by atoms with Crippen molar-refractivity contribution in [2.75, 3.05) is 38.3 Å². The Bertz CT molecular complexity index is 472. The van der Waals surface area contributed by atoms with Crippen molar-refractivity contribution in [1.82, 2.24) is 4.90 Å². The Kier molecular flexibility index (Phi) is 4.14. The van der Waals surface area contributed by atoms with Crippen molar-refractivity contribution in [2.45, 2.75) is 0 Å². The van der Waals surface area contributed by atoms with Gasteiger partial charge in [0.15, 0.2) is 0 Å². The zero-order chi connectivity index (χ0) is 13.9. The highest BCUT2D eigenvalue weighted by atomic mass is 16.4. The normalized spacial score (nSPS) is 9.94. The largest absolute Gasteiger partial charge is 0.478 e. The summed E-state index contributed by atoms with van der Waals surface area (Å²) < 4.78 is 0. The first-order chi connectivity index (χ1) is 8.32. The van der Waals surface area contributed by atoms with Crippen LogP contribution in [0.15, 0.2) is 18.2 Å². The Morgan fingerprint density at radius 1 is 1.28 bits per heavy atom. The molecule has 0 radical (unpaired) electrons. The standard InChI is InChI=1S/C12H17N3O3/c1-14(2)11(16)7-15(3)10-5-4-8(13)6-9(10)12(17)18/h4-6H,7,13H2,1-3H3,(H,17,18). The van der Waals surface area contributed by atoms with E-state index in [1.165, 1.54) is 11.0 Å². The predicted molar refractivity (Wildman–Crippen MR) is 69.8 cm³/mol. The number of carboxylic acids is 1. The van der Waals surface area contributed by atoms with Gasteiger partial charge in [-0.15, -0.1) is 0 Å². The second-order valence-electron chi connectivity index (χ2n) is 4.23. The maximum absolute atomic E-state index is 11.6. The molecule has 3 N–H and O–H groups in total. The summed E-state index contributed by atoms with van der Waals surface area (Å²) in [4.78, 5) is 25.7. The molecule has 1 aromatic carbocycles. The van der Waals surface area contributed by atoms with E-state index in [-0.39, 0.29) is 18.0 Å². The molecule has 98 valence electrons. The van der Waals surface area contributed by atoms with E-state index in [1.54, 1.807) is 38.2 Å². The highest BCUT2D eigenvalue weighted by Crippen LogP contribution is 2.22. The Labute approximate surface area is 106 Å². The van der Waals surface area contributed by atoms with Crippen LogP contribution in [0.1, 0.15) is 10.4 Å². The van der Waals surface area contributed by atoms with Crippen LogP contribution in [0, 0.1) is 0 Å². The third-order valence-electron chi connectivity index (χ3n) is 2.53. The lowest BCUT2D eigenvalue weighted by molar-refractivity contribution is -0.127. The zero-order valence-electron chi connectivity index (χ0n) is 10.7. The number of carbonyl (C=O) groups excluding carboxylic acids is 1. The van der Waals surface area contributed by atoms with E-state index in [2.05, 4.69) is 0 Å². The molecule has 0 saturated heterocycles. The summed E-state index contributed by atoms with van der Waals surface area (Å²) in [6.45, 7) is 0.108. The molecule has 0 bridgehead atoms. The minimum atomic E-state index is -1.07. The Morgan fingerprint density at radius 3 is 2.39 bits per heavy atom. The SMILES string of the molecule is CN(C)C(=O)CN(C)c1ccc(N)cc1C(=O)O. The molecule has 0 unspecified atom stereocenters. The molecular formula is C12H17N3O3. The number of hydrogen-bond acceptors (Lipinski definition) is 4. The van der Waals surface area contributed by atoms with Crippen molar-refractivity contribution in [1.29, 1.82) is 0 Å². The molecule has 6 nitrogen and oxygen atoms in total. The van der Waals surface area contributed by atoms with E-state index in [9.17, 15) is 9.59 Å². The zero-order valence-corrected chi connectivity index (χ0v) is 10.7. The number of benzene rings is 1. The van der Waals surface area contributed by atoms with E-state index in [0.717, 1.165) is 0 Å². The van der Waals surface area contributed by atoms with E-state index in [1.807, 2.05) is 0 Å². The van der Waals surface area contributed by atoms with Crippen LogP contribution >= 0.6 is 0 Å². The molecule has 0 aliphatic carbocycles. The van der Waals surface area contributed by atoms with Crippen LogP contribution in [-0.4, -0.2) is 49.6 Å². The molecule has 0 aliphatic heterocycles. The van der Waals surface area contributed by atoms with Gasteiger partial charge in [0.2, 0.25) is 5.91 Å². The molecule has 0 spiro atoms. The van der Waals surface area contributed by atoms with Gasteiger partial charge in [-0.1, -0.05) is 0 Å². The van der Waals surface area contributed by atoms with Gasteiger partial charge in [0, 0.05) is 26.8 Å². The summed E-state index contributed by atoms with van der Waals surface area (Å²) in [5.41, 5.74) is 6.49. The van der Waals surface area contributed by atoms with E-state index in [4.69, 9.17) is 10.8 Å². The second kappa shape index (κ2) is 5.39. The number of carbonyl (C=O) groups is 2. The summed E-state index contributed by atoms with van der Waals surface area (Å²) in [5, 5.41) is 9.10. The van der Waals surface area contributed by atoms with E-state index in [0.29, 0.717) is 11.4 Å². The average molecular weight is 251 g/mol. The summed E-state index contributed by atoms with van der Waals surface area (Å²) >= 11 is 0. The number of rotatable bonds is 4. The smallest absolute Gasteiger partial charge is 0.337 e. The summed E-state index contributed by atoms with van der Waals surface area (Å²) in [6, 6.07) is 4.59. The molecular weight excluding hydrogens is 234 g/mol. The fourth-order valence-corrected chi connectivity index (χ4v) is 1.49. The van der Waals surface area contributed by atoms with Gasteiger partial charge in [-0.05, 0) is 18.2 Å². The lowest BCUT2D eigenvalue weighted by Crippen LogP contribution is -2.35. The fourth-order valence-electron chi connectivity index (χ4n) is 1.49. The van der Waals surface area contributed by atoms with Crippen LogP contribution in [0.25, 0.3) is 0 Å². The molecule has 1 amide bonds. The summed E-state index contributed by atoms with van der Waals surface area (Å²) in [6.07, 6.45) is 0. The van der Waals surface area contributed by atoms with Crippen molar-refractivity contribution in [3.63, 3.8) is 0 Å². The number of likely N-dealkylation sites (N-methyl/N-ethyl adjacent to an activating group) is 2. The van der Waals surface area contributed by atoms with Crippen LogP contribution in [-0.2, 0) is 4.79 Å². The van der Waals surface area contributed by atoms with Gasteiger partial charge < -0.3 is 20.6 Å². The van der Waals surface area contributed by atoms with Crippen molar-refractivity contribution >= 4 is 23.3 Å². The van der Waals surface area contributed by atoms with E-state index < -0.39 is 5.97 Å². The number of nitrogen functional groups attached to an aromatic ring is 1. The Morgan fingerprint density at radius 2 is 1.89 bits per heavy atom. The monoisotopic (exact) mass is 251 g/mol. The van der Waals surface area contributed by atoms with Gasteiger partial charge in [0.05, 0.1) is 17.8 Å². The summed E-state index contributed by atoms with van der Waals surface area (Å²) in [7, 11) is 4.97. The number of carboxylic acid groups (broad SMARTS) is 1. The first kappa shape index (κ1) is 13.8. The quantitative estimate of drug-likeness (QED) is 0.760. The van der Waals surface area contributed by atoms with Crippen LogP contribution in [0.2, 0.25) is 0 Å². The molecule has 0 fully saturated rings. The van der Waals surface area contributed by atoms with Gasteiger partial charge >= 0.3 is 5.97 Å². The average Bonchev–Trinajstić information content (AvgIpc) is 2.28. The third kappa shape index (κ3) is 3.13. The minimum absolute atomic E-state index is 0.0871. The number of nitrogens with two attached hydrogens (primary N) is 1. The first-order valence-corrected chi connectivity index (χ1v) is 5.37. The van der Waals surface area contributed by atoms with Gasteiger partial charge in [-0.25, -0.2) is 4.79 Å². The van der Waals surface area contributed by atoms with Gasteiger partial charge in [-0.3, -0.25) is 4.79 Å². The Balaban J connectivity index is 3.02. The summed E-state index contributed by atoms with van der Waals surface area (Å²) in [5.74, 6) is -1.17. The molecule has 0 heterocycles. The van der Waals surface area contributed by atoms with Crippen molar-refractivity contribution in [3.8, 4) is 0 Å². The lowest BCUT2D eigenvalue weighted by atomic mass is 10.1. The molecule has 0 aliphatic rings. The maximum atomic E-state index is 11.6. The molecule has 6 heteroatoms. The maximum Gasteiger partial charge on any atom is 0.337 e. The number of aromatic carboxylic acids is 1. The number of anilines is 2. The van der Waals surface area contributed by atoms with Crippen molar-refractivity contribution in [2.24, 2.45) is 0 Å². The van der Waals surface area contributed by atoms with Crippen molar-refractivity contribution < 1.29 is 14.7 Å². The lowest BCUT2D eigenvalue weighted by Gasteiger charge is -2.22. The van der Waals surface area contributed by atoms with Crippen LogP contribution in [0.3, 0.4) is 0 Å². The number of amides is 1. The topological polar surface area (TPSA) is 86.9 Å². The second-order valence-corrected chi connectivity index (χ2v) is 4.23. The third-order valence-corrected chi connectivity index (χ3v) is 2.53. The highest BCUT2D eigenvalue weighted by molar-refractivity contribution is 5.96. The van der Waals surface area contributed by atoms with Gasteiger partial charge in [0.25, 0.3) is 0 Å². The van der Waals surface area contributed by atoms with Crippen LogP contribution < -0.4 is 10.6 Å². The van der Waals surface area contributed by atoms with Crippen LogP contribution in [0.4, 0.5) is 11.4 Å². The minimum Gasteiger partial charge on any atom is -0.478 e.